The van der Waals surface area contributed by atoms with E-state index in [1.54, 1.807) is 0 Å². The van der Waals surface area contributed by atoms with Crippen LogP contribution in [-0.4, -0.2) is 4.57 Å². The van der Waals surface area contributed by atoms with Crippen LogP contribution in [0.15, 0.2) is 158 Å². The van der Waals surface area contributed by atoms with Gasteiger partial charge in [0, 0.05) is 33.2 Å². The van der Waals surface area contributed by atoms with Crippen molar-refractivity contribution in [3.63, 3.8) is 0 Å². The Morgan fingerprint density at radius 1 is 0.500 bits per heavy atom. The molecule has 0 saturated heterocycles. The van der Waals surface area contributed by atoms with E-state index in [9.17, 15) is 4.39 Å². The van der Waals surface area contributed by atoms with Gasteiger partial charge in [-0.1, -0.05) is 91.0 Å². The van der Waals surface area contributed by atoms with Gasteiger partial charge in [0.1, 0.15) is 5.82 Å². The first-order chi connectivity index (χ1) is 23.6. The lowest BCUT2D eigenvalue weighted by Gasteiger charge is -2.27. The van der Waals surface area contributed by atoms with E-state index in [0.717, 1.165) is 52.1 Å². The van der Waals surface area contributed by atoms with Gasteiger partial charge in [0.05, 0.1) is 11.0 Å². The zero-order valence-electron chi connectivity index (χ0n) is 26.3. The molecule has 0 atom stereocenters. The van der Waals surface area contributed by atoms with E-state index in [-0.39, 0.29) is 11.2 Å². The molecule has 0 unspecified atom stereocenters. The van der Waals surface area contributed by atoms with Gasteiger partial charge in [-0.2, -0.15) is 0 Å². The third kappa shape index (κ3) is 4.04. The Morgan fingerprint density at radius 3 is 2.04 bits per heavy atom. The van der Waals surface area contributed by atoms with Crippen molar-refractivity contribution in [1.29, 1.82) is 0 Å². The first-order valence-corrected chi connectivity index (χ1v) is 16.6. The molecule has 2 nitrogen and oxygen atoms in total. The van der Waals surface area contributed by atoms with Crippen LogP contribution in [-0.2, 0) is 18.3 Å². The van der Waals surface area contributed by atoms with Crippen molar-refractivity contribution in [3.05, 3.63) is 186 Å². The first-order valence-electron chi connectivity index (χ1n) is 16.6. The quantitative estimate of drug-likeness (QED) is 0.208. The van der Waals surface area contributed by atoms with Gasteiger partial charge in [0.15, 0.2) is 0 Å². The van der Waals surface area contributed by atoms with Crippen LogP contribution in [0.3, 0.4) is 0 Å². The van der Waals surface area contributed by atoms with Crippen molar-refractivity contribution in [2.45, 2.75) is 18.3 Å². The third-order valence-corrected chi connectivity index (χ3v) is 10.6. The van der Waals surface area contributed by atoms with E-state index >= 15 is 0 Å². The van der Waals surface area contributed by atoms with Gasteiger partial charge in [-0.15, -0.1) is 0 Å². The van der Waals surface area contributed by atoms with Crippen LogP contribution in [0.5, 0.6) is 0 Å². The van der Waals surface area contributed by atoms with Crippen molar-refractivity contribution in [2.24, 2.45) is 0 Å². The highest BCUT2D eigenvalue weighted by Gasteiger charge is 2.46. The largest absolute Gasteiger partial charge is 0.356 e. The van der Waals surface area contributed by atoms with Gasteiger partial charge < -0.3 is 9.88 Å². The number of nitrogens with one attached hydrogen (secondary N) is 1. The van der Waals surface area contributed by atoms with E-state index in [1.807, 2.05) is 12.1 Å². The monoisotopic (exact) mass is 618 g/mol. The molecule has 228 valence electrons. The van der Waals surface area contributed by atoms with Gasteiger partial charge in [0.25, 0.3) is 0 Å². The third-order valence-electron chi connectivity index (χ3n) is 10.6. The van der Waals surface area contributed by atoms with Gasteiger partial charge in [-0.25, -0.2) is 4.39 Å². The van der Waals surface area contributed by atoms with Crippen LogP contribution in [0.25, 0.3) is 49.7 Å². The molecule has 0 aliphatic heterocycles. The van der Waals surface area contributed by atoms with Crippen molar-refractivity contribution in [2.75, 3.05) is 5.32 Å². The SMILES string of the molecule is Fc1ccc(-n2c3ccccc3c3cc(-c4cccc(Nc5ccc6c(c5)C5(Cc7ccccc7C5)c5ccccc5-6)c4)ccc32)cc1. The summed E-state index contributed by atoms with van der Waals surface area (Å²) in [6, 6.07) is 55.4. The highest BCUT2D eigenvalue weighted by atomic mass is 19.1. The van der Waals surface area contributed by atoms with Gasteiger partial charge in [-0.05, 0) is 124 Å². The van der Waals surface area contributed by atoms with E-state index in [1.165, 1.54) is 56.3 Å². The molecular formula is C45H31FN2. The van der Waals surface area contributed by atoms with Crippen LogP contribution >= 0.6 is 0 Å². The predicted molar refractivity (Wildman–Crippen MR) is 196 cm³/mol. The second-order valence-electron chi connectivity index (χ2n) is 13.3. The van der Waals surface area contributed by atoms with Crippen molar-refractivity contribution in [3.8, 4) is 27.9 Å². The number of hydrogen-bond donors (Lipinski definition) is 1. The average Bonchev–Trinajstić information content (AvgIpc) is 3.77. The summed E-state index contributed by atoms with van der Waals surface area (Å²) >= 11 is 0. The minimum Gasteiger partial charge on any atom is -0.356 e. The second-order valence-corrected chi connectivity index (χ2v) is 13.3. The summed E-state index contributed by atoms with van der Waals surface area (Å²) in [5, 5.41) is 6.11. The summed E-state index contributed by atoms with van der Waals surface area (Å²) in [5.74, 6) is -0.233. The van der Waals surface area contributed by atoms with E-state index in [2.05, 4.69) is 143 Å². The molecule has 2 aliphatic carbocycles. The van der Waals surface area contributed by atoms with Crippen LogP contribution in [0.2, 0.25) is 0 Å². The normalized spacial score (nSPS) is 13.9. The number of hydrogen-bond acceptors (Lipinski definition) is 1. The number of fused-ring (bicyclic) bond motifs is 9. The molecule has 1 spiro atoms. The van der Waals surface area contributed by atoms with Crippen LogP contribution in [0, 0.1) is 5.82 Å². The Morgan fingerprint density at radius 2 is 1.19 bits per heavy atom. The maximum Gasteiger partial charge on any atom is 0.123 e. The first kappa shape index (κ1) is 27.2. The molecule has 0 radical (unpaired) electrons. The number of aromatic nitrogens is 1. The molecule has 0 amide bonds. The lowest BCUT2D eigenvalue weighted by molar-refractivity contribution is 0.564. The van der Waals surface area contributed by atoms with Crippen LogP contribution in [0.1, 0.15) is 22.3 Å². The number of rotatable bonds is 4. The van der Waals surface area contributed by atoms with E-state index in [4.69, 9.17) is 0 Å². The molecule has 0 bridgehead atoms. The number of nitrogens with zero attached hydrogens (tertiary/aromatic N) is 1. The number of halogens is 1. The smallest absolute Gasteiger partial charge is 0.123 e. The summed E-state index contributed by atoms with van der Waals surface area (Å²) in [6.45, 7) is 0. The molecular weight excluding hydrogens is 588 g/mol. The summed E-state index contributed by atoms with van der Waals surface area (Å²) in [4.78, 5) is 0. The second kappa shape index (κ2) is 10.3. The summed E-state index contributed by atoms with van der Waals surface area (Å²) in [6.07, 6.45) is 2.07. The Hall–Kier alpha value is -5.93. The number of para-hydroxylation sites is 1. The molecule has 1 N–H and O–H groups in total. The molecule has 10 rings (SSSR count). The minimum absolute atomic E-state index is 0.0301. The van der Waals surface area contributed by atoms with E-state index in [0.29, 0.717) is 0 Å². The maximum atomic E-state index is 13.8. The molecule has 3 heteroatoms. The lowest BCUT2D eigenvalue weighted by atomic mass is 9.75. The fraction of sp³-hybridized carbons (Fsp3) is 0.0667. The molecule has 1 heterocycles. The zero-order chi connectivity index (χ0) is 31.8. The Labute approximate surface area is 278 Å². The fourth-order valence-corrected chi connectivity index (χ4v) is 8.49. The predicted octanol–water partition coefficient (Wildman–Crippen LogP) is 11.4. The molecule has 1 aromatic heterocycles. The molecule has 48 heavy (non-hydrogen) atoms. The molecule has 0 fully saturated rings. The topological polar surface area (TPSA) is 17.0 Å². The maximum absolute atomic E-state index is 13.8. The zero-order valence-corrected chi connectivity index (χ0v) is 26.3. The van der Waals surface area contributed by atoms with Gasteiger partial charge in [-0.3, -0.25) is 0 Å². The Bertz CT molecular complexity index is 2530. The highest BCUT2D eigenvalue weighted by molar-refractivity contribution is 6.10. The summed E-state index contributed by atoms with van der Waals surface area (Å²) in [7, 11) is 0. The standard InChI is InChI=1S/C45H31FN2/c46-33-17-20-36(21-18-33)48-43-15-6-4-13-39(43)40-25-30(16-23-44(40)48)29-10-7-11-34(24-29)47-35-19-22-38-37-12-3-5-14-41(37)45(42(38)26-35)27-31-8-1-2-9-32(31)28-45/h1-26,47H,27-28H2. The van der Waals surface area contributed by atoms with Crippen LogP contribution < -0.4 is 5.32 Å². The van der Waals surface area contributed by atoms with Crippen molar-refractivity contribution < 1.29 is 4.39 Å². The van der Waals surface area contributed by atoms with Crippen LogP contribution in [0.4, 0.5) is 15.8 Å². The van der Waals surface area contributed by atoms with E-state index < -0.39 is 0 Å². The summed E-state index contributed by atoms with van der Waals surface area (Å²) < 4.78 is 16.0. The number of anilines is 2. The Kier molecular flexibility index (Phi) is 5.83. The summed E-state index contributed by atoms with van der Waals surface area (Å²) in [5.41, 5.74) is 16.1. The van der Waals surface area contributed by atoms with Crippen molar-refractivity contribution in [1.82, 2.24) is 4.57 Å². The molecule has 0 saturated carbocycles. The fourth-order valence-electron chi connectivity index (χ4n) is 8.49. The van der Waals surface area contributed by atoms with Crippen molar-refractivity contribution >= 4 is 33.2 Å². The molecule has 7 aromatic carbocycles. The molecule has 2 aliphatic rings. The van der Waals surface area contributed by atoms with Gasteiger partial charge in [0.2, 0.25) is 0 Å². The Balaban J connectivity index is 1.02. The average molecular weight is 619 g/mol. The number of benzene rings is 7. The molecule has 8 aromatic rings. The lowest BCUT2D eigenvalue weighted by Crippen LogP contribution is -2.25. The minimum atomic E-state index is -0.233. The van der Waals surface area contributed by atoms with Gasteiger partial charge >= 0.3 is 0 Å². The highest BCUT2D eigenvalue weighted by Crippen LogP contribution is 2.55.